The third-order valence-corrected chi connectivity index (χ3v) is 11.9. The summed E-state index contributed by atoms with van der Waals surface area (Å²) in [7, 11) is -5.16. The van der Waals surface area contributed by atoms with Crippen molar-refractivity contribution in [3.63, 3.8) is 0 Å². The molecule has 0 aromatic heterocycles. The molecule has 57 heavy (non-hydrogen) atoms. The number of aliphatic hydroxyl groups is 2. The van der Waals surface area contributed by atoms with Crippen molar-refractivity contribution in [2.45, 2.75) is 244 Å². The lowest BCUT2D eigenvalue weighted by atomic mass is 9.82. The summed E-state index contributed by atoms with van der Waals surface area (Å²) in [5.41, 5.74) is -2.77. The number of carbonyl (C=O) groups is 4. The molecule has 0 aliphatic heterocycles. The Balaban J connectivity index is 5.04. The third kappa shape index (κ3) is 30.2. The topological polar surface area (TPSA) is 177 Å². The zero-order chi connectivity index (χ0) is 42.5. The van der Waals surface area contributed by atoms with Crippen LogP contribution in [0, 0.1) is 0 Å². The first kappa shape index (κ1) is 55.5. The van der Waals surface area contributed by atoms with Gasteiger partial charge in [-0.3, -0.25) is 28.2 Å². The number of nitrogens with one attached hydrogen (secondary N) is 1. The molecule has 0 rings (SSSR count). The molecule has 0 fully saturated rings. The van der Waals surface area contributed by atoms with Gasteiger partial charge in [0.25, 0.3) is 0 Å². The van der Waals surface area contributed by atoms with E-state index in [1.807, 2.05) is 0 Å². The van der Waals surface area contributed by atoms with E-state index in [1.54, 1.807) is 0 Å². The van der Waals surface area contributed by atoms with Crippen LogP contribution in [-0.2, 0) is 32.8 Å². The molecule has 0 bridgehead atoms. The molecular weight excluding hydrogens is 745 g/mol. The van der Waals surface area contributed by atoms with Gasteiger partial charge in [0.2, 0.25) is 11.5 Å². The van der Waals surface area contributed by atoms with E-state index < -0.39 is 50.2 Å². The summed E-state index contributed by atoms with van der Waals surface area (Å²) < 4.78 is 23.5. The number of amides is 1. The number of ketones is 3. The summed E-state index contributed by atoms with van der Waals surface area (Å²) in [6.07, 6.45) is 31.2. The molecule has 2 atom stereocenters. The van der Waals surface area contributed by atoms with Crippen LogP contribution in [0.4, 0.5) is 0 Å². The fourth-order valence-corrected chi connectivity index (χ4v) is 8.42. The number of Topliss-reactive ketones (excluding diaryl/α,β-unsaturated/α-hetero) is 3. The minimum absolute atomic E-state index is 0.180. The minimum Gasteiger partial charge on any atom is -0.394 e. The van der Waals surface area contributed by atoms with Crippen molar-refractivity contribution >= 4 is 31.1 Å². The van der Waals surface area contributed by atoms with Crippen LogP contribution in [0.3, 0.4) is 0 Å². The molecule has 0 heterocycles. The van der Waals surface area contributed by atoms with Crippen LogP contribution < -0.4 is 5.32 Å². The average molecular weight is 832 g/mol. The molecule has 336 valence electrons. The average Bonchev–Trinajstić information content (AvgIpc) is 3.17. The largest absolute Gasteiger partial charge is 0.473 e. The highest BCUT2D eigenvalue weighted by atomic mass is 31.2. The van der Waals surface area contributed by atoms with E-state index in [2.05, 4.69) is 19.2 Å². The smallest absolute Gasteiger partial charge is 0.394 e. The summed E-state index contributed by atoms with van der Waals surface area (Å²) in [6.45, 7) is 3.92. The Morgan fingerprint density at radius 3 is 1.19 bits per heavy atom. The van der Waals surface area contributed by atoms with E-state index in [9.17, 15) is 38.8 Å². The van der Waals surface area contributed by atoms with Gasteiger partial charge in [0.05, 0.1) is 19.6 Å². The van der Waals surface area contributed by atoms with Crippen molar-refractivity contribution < 1.29 is 47.9 Å². The summed E-state index contributed by atoms with van der Waals surface area (Å²) in [4.78, 5) is 61.2. The Kier molecular flexibility index (Phi) is 36.5. The number of carbonyl (C=O) groups excluding carboxylic acids is 4. The molecule has 1 amide bonds. The van der Waals surface area contributed by atoms with Gasteiger partial charge in [0.15, 0.2) is 11.6 Å². The first-order chi connectivity index (χ1) is 27.5. The van der Waals surface area contributed by atoms with Crippen molar-refractivity contribution in [1.82, 2.24) is 5.32 Å². The highest BCUT2D eigenvalue weighted by Gasteiger charge is 2.55. The molecule has 0 saturated carbocycles. The van der Waals surface area contributed by atoms with Crippen LogP contribution in [0.5, 0.6) is 0 Å². The summed E-state index contributed by atoms with van der Waals surface area (Å²) in [5, 5.41) is 23.3. The molecule has 12 heteroatoms. The van der Waals surface area contributed by atoms with E-state index in [-0.39, 0.29) is 31.6 Å². The second-order valence-corrected chi connectivity index (χ2v) is 17.7. The molecule has 0 aromatic carbocycles. The van der Waals surface area contributed by atoms with Gasteiger partial charge in [0, 0.05) is 19.4 Å². The highest BCUT2D eigenvalue weighted by Crippen LogP contribution is 2.49. The number of hydrogen-bond donors (Lipinski definition) is 4. The number of aliphatic hydroxyl groups excluding tert-OH is 2. The second-order valence-electron chi connectivity index (χ2n) is 16.3. The van der Waals surface area contributed by atoms with Gasteiger partial charge >= 0.3 is 7.82 Å². The van der Waals surface area contributed by atoms with Gasteiger partial charge in [-0.25, -0.2) is 4.57 Å². The van der Waals surface area contributed by atoms with Crippen molar-refractivity contribution in [1.29, 1.82) is 0 Å². The number of hydrogen-bond acceptors (Lipinski definition) is 9. The van der Waals surface area contributed by atoms with Gasteiger partial charge in [-0.2, -0.15) is 0 Å². The quantitative estimate of drug-likeness (QED) is 0.0262. The standard InChI is InChI=1S/C45H86NO10P/c1-4-6-8-10-12-14-16-18-20-22-24-26-28-30-32-34-41(49)45(43(51)39-47,56-57(53,54)55-37-36-46-44(52)38-40(3)48)42(50)35-33-31-29-27-25-23-21-19-17-15-13-11-9-7-5-2/h43,47,51H,4-39H2,1-3H3,(H,46,52)(H,53,54)/t43-/m0/s1. The van der Waals surface area contributed by atoms with E-state index in [4.69, 9.17) is 9.05 Å². The molecule has 0 radical (unpaired) electrons. The normalized spacial score (nSPS) is 13.4. The Morgan fingerprint density at radius 1 is 0.579 bits per heavy atom. The number of phosphoric acid groups is 1. The van der Waals surface area contributed by atoms with Crippen LogP contribution in [0.1, 0.15) is 233 Å². The maximum atomic E-state index is 13.8. The Hall–Kier alpha value is -1.49. The molecular formula is C45H86NO10P. The van der Waals surface area contributed by atoms with E-state index in [0.717, 1.165) is 38.5 Å². The van der Waals surface area contributed by atoms with Crippen LogP contribution in [-0.4, -0.2) is 69.8 Å². The molecule has 0 aromatic rings. The van der Waals surface area contributed by atoms with Gasteiger partial charge < -0.3 is 20.4 Å². The van der Waals surface area contributed by atoms with Crippen LogP contribution in [0.2, 0.25) is 0 Å². The summed E-state index contributed by atoms with van der Waals surface area (Å²) >= 11 is 0. The number of unbranched alkanes of at least 4 members (excludes halogenated alkanes) is 28. The zero-order valence-electron chi connectivity index (χ0n) is 36.7. The second kappa shape index (κ2) is 37.5. The van der Waals surface area contributed by atoms with E-state index in [1.165, 1.54) is 135 Å². The minimum atomic E-state index is -5.16. The van der Waals surface area contributed by atoms with Gasteiger partial charge in [-0.1, -0.05) is 194 Å². The lowest BCUT2D eigenvalue weighted by molar-refractivity contribution is -0.165. The Morgan fingerprint density at radius 2 is 0.895 bits per heavy atom. The lowest BCUT2D eigenvalue weighted by Gasteiger charge is -2.35. The van der Waals surface area contributed by atoms with Crippen LogP contribution in [0.25, 0.3) is 0 Å². The van der Waals surface area contributed by atoms with Gasteiger partial charge in [-0.05, 0) is 19.8 Å². The third-order valence-electron chi connectivity index (χ3n) is 10.8. The monoisotopic (exact) mass is 832 g/mol. The van der Waals surface area contributed by atoms with Crippen molar-refractivity contribution in [2.24, 2.45) is 0 Å². The molecule has 0 aliphatic carbocycles. The van der Waals surface area contributed by atoms with E-state index >= 15 is 0 Å². The van der Waals surface area contributed by atoms with Crippen LogP contribution >= 0.6 is 7.82 Å². The van der Waals surface area contributed by atoms with Crippen molar-refractivity contribution in [3.8, 4) is 0 Å². The first-order valence-corrected chi connectivity index (χ1v) is 24.8. The molecule has 11 nitrogen and oxygen atoms in total. The maximum Gasteiger partial charge on any atom is 0.473 e. The summed E-state index contributed by atoms with van der Waals surface area (Å²) in [5.74, 6) is -2.68. The fourth-order valence-electron chi connectivity index (χ4n) is 7.35. The molecule has 1 unspecified atom stereocenters. The van der Waals surface area contributed by atoms with E-state index in [0.29, 0.717) is 25.7 Å². The SMILES string of the molecule is CCCCCCCCCCCCCCCCCC(=O)C(OP(=O)(O)OCCNC(=O)CC(C)=O)(C(=O)CCCCCCCCCCCCCCCCC)[C@@H](O)CO. The predicted octanol–water partition coefficient (Wildman–Crippen LogP) is 11.0. The molecule has 0 spiro atoms. The predicted molar refractivity (Wildman–Crippen MR) is 230 cm³/mol. The fraction of sp³-hybridized carbons (Fsp3) is 0.911. The van der Waals surface area contributed by atoms with Crippen molar-refractivity contribution in [3.05, 3.63) is 0 Å². The summed E-state index contributed by atoms with van der Waals surface area (Å²) in [6, 6.07) is 0. The highest BCUT2D eigenvalue weighted by molar-refractivity contribution is 7.47. The Bertz CT molecular complexity index is 1020. The number of phosphoric ester groups is 1. The zero-order valence-corrected chi connectivity index (χ0v) is 37.6. The van der Waals surface area contributed by atoms with Gasteiger partial charge in [0.1, 0.15) is 11.9 Å². The maximum absolute atomic E-state index is 13.8. The first-order valence-electron chi connectivity index (χ1n) is 23.3. The van der Waals surface area contributed by atoms with Gasteiger partial charge in [-0.15, -0.1) is 0 Å². The molecule has 0 saturated heterocycles. The lowest BCUT2D eigenvalue weighted by Crippen LogP contribution is -2.58. The van der Waals surface area contributed by atoms with Crippen molar-refractivity contribution in [2.75, 3.05) is 19.8 Å². The molecule has 4 N–H and O–H groups in total. The molecule has 0 aliphatic rings. The number of rotatable bonds is 44. The Labute approximate surface area is 347 Å². The van der Waals surface area contributed by atoms with Crippen LogP contribution in [0.15, 0.2) is 0 Å².